The first-order valence-electron chi connectivity index (χ1n) is 10.1. The Labute approximate surface area is 188 Å². The van der Waals surface area contributed by atoms with E-state index in [0.29, 0.717) is 5.88 Å². The van der Waals surface area contributed by atoms with Gasteiger partial charge in [-0.05, 0) is 29.3 Å². The summed E-state index contributed by atoms with van der Waals surface area (Å²) in [5.41, 5.74) is 0.668. The minimum Gasteiger partial charge on any atom is -0.465 e. The number of carbonyl (C=O) groups is 1. The molecule has 4 aromatic rings. The van der Waals surface area contributed by atoms with E-state index in [1.807, 2.05) is 60.7 Å². The number of alkyl halides is 3. The zero-order chi connectivity index (χ0) is 23.3. The number of nitrogens with zero attached hydrogens (tertiary/aromatic N) is 1. The standard InChI is InChI=1S/C26H19F3N2O2/c27-26(28,29)22-14-8-7-13-21(22)25(32)31-20-15-16-23(30-17-20)33-24(18-9-3-1-4-10-18)19-11-5-2-6-12-19/h1-17,24H,(H,31,32). The molecule has 0 atom stereocenters. The largest absolute Gasteiger partial charge is 0.465 e. The van der Waals surface area contributed by atoms with Crippen molar-refractivity contribution in [3.63, 3.8) is 0 Å². The van der Waals surface area contributed by atoms with Crippen LogP contribution >= 0.6 is 0 Å². The highest BCUT2D eigenvalue weighted by Gasteiger charge is 2.34. The zero-order valence-corrected chi connectivity index (χ0v) is 17.3. The molecule has 3 aromatic carbocycles. The molecule has 7 heteroatoms. The predicted molar refractivity (Wildman–Crippen MR) is 119 cm³/mol. The highest BCUT2D eigenvalue weighted by atomic mass is 19.4. The van der Waals surface area contributed by atoms with Gasteiger partial charge in [0.25, 0.3) is 5.91 Å². The molecule has 0 fully saturated rings. The molecule has 0 radical (unpaired) electrons. The lowest BCUT2D eigenvalue weighted by molar-refractivity contribution is -0.137. The third-order valence-electron chi connectivity index (χ3n) is 4.91. The van der Waals surface area contributed by atoms with Gasteiger partial charge in [0.2, 0.25) is 5.88 Å². The highest BCUT2D eigenvalue weighted by Crippen LogP contribution is 2.32. The summed E-state index contributed by atoms with van der Waals surface area (Å²) in [6, 6.07) is 27.0. The molecule has 0 saturated heterocycles. The number of halogens is 3. The average Bonchev–Trinajstić information content (AvgIpc) is 2.84. The van der Waals surface area contributed by atoms with E-state index in [9.17, 15) is 18.0 Å². The molecule has 0 aliphatic rings. The maximum Gasteiger partial charge on any atom is 0.417 e. The van der Waals surface area contributed by atoms with Crippen molar-refractivity contribution in [3.05, 3.63) is 126 Å². The van der Waals surface area contributed by atoms with Crippen LogP contribution in [0.4, 0.5) is 18.9 Å². The Bertz CT molecular complexity index is 1170. The van der Waals surface area contributed by atoms with Gasteiger partial charge in [0.15, 0.2) is 6.10 Å². The lowest BCUT2D eigenvalue weighted by Gasteiger charge is -2.19. The van der Waals surface area contributed by atoms with Gasteiger partial charge in [0.1, 0.15) is 0 Å². The molecule has 1 heterocycles. The quantitative estimate of drug-likeness (QED) is 0.365. The van der Waals surface area contributed by atoms with E-state index in [4.69, 9.17) is 4.74 Å². The maximum atomic E-state index is 13.2. The molecule has 1 N–H and O–H groups in total. The van der Waals surface area contributed by atoms with Crippen molar-refractivity contribution < 1.29 is 22.7 Å². The summed E-state index contributed by atoms with van der Waals surface area (Å²) in [6.07, 6.45) is -3.69. The molecule has 1 amide bonds. The minimum atomic E-state index is -4.63. The number of hydrogen-bond donors (Lipinski definition) is 1. The van der Waals surface area contributed by atoms with E-state index in [1.54, 1.807) is 6.07 Å². The van der Waals surface area contributed by atoms with Gasteiger partial charge in [-0.3, -0.25) is 4.79 Å². The first kappa shape index (κ1) is 22.1. The summed E-state index contributed by atoms with van der Waals surface area (Å²) >= 11 is 0. The second-order valence-electron chi connectivity index (χ2n) is 7.20. The third-order valence-corrected chi connectivity index (χ3v) is 4.91. The van der Waals surface area contributed by atoms with Gasteiger partial charge in [-0.1, -0.05) is 72.8 Å². The summed E-state index contributed by atoms with van der Waals surface area (Å²) < 4.78 is 45.7. The first-order valence-corrected chi connectivity index (χ1v) is 10.1. The van der Waals surface area contributed by atoms with Crippen molar-refractivity contribution in [1.29, 1.82) is 0 Å². The molecule has 4 nitrogen and oxygen atoms in total. The second-order valence-corrected chi connectivity index (χ2v) is 7.20. The third kappa shape index (κ3) is 5.38. The summed E-state index contributed by atoms with van der Waals surface area (Å²) in [6.45, 7) is 0. The molecular formula is C26H19F3N2O2. The van der Waals surface area contributed by atoms with Gasteiger partial charge in [-0.25, -0.2) is 4.98 Å². The van der Waals surface area contributed by atoms with Crippen LogP contribution in [0, 0.1) is 0 Å². The fourth-order valence-corrected chi connectivity index (χ4v) is 3.36. The van der Waals surface area contributed by atoms with Gasteiger partial charge in [-0.2, -0.15) is 13.2 Å². The van der Waals surface area contributed by atoms with Gasteiger partial charge in [0, 0.05) is 6.07 Å². The van der Waals surface area contributed by atoms with Crippen molar-refractivity contribution in [2.75, 3.05) is 5.32 Å². The molecule has 0 spiro atoms. The van der Waals surface area contributed by atoms with E-state index in [0.717, 1.165) is 23.3 Å². The van der Waals surface area contributed by atoms with Crippen molar-refractivity contribution in [3.8, 4) is 5.88 Å². The van der Waals surface area contributed by atoms with Crippen LogP contribution in [0.2, 0.25) is 0 Å². The number of pyridine rings is 1. The monoisotopic (exact) mass is 448 g/mol. The average molecular weight is 448 g/mol. The van der Waals surface area contributed by atoms with Crippen LogP contribution in [0.1, 0.15) is 33.2 Å². The highest BCUT2D eigenvalue weighted by molar-refractivity contribution is 6.05. The van der Waals surface area contributed by atoms with Gasteiger partial charge in [0.05, 0.1) is 23.0 Å². The fraction of sp³-hybridized carbons (Fsp3) is 0.0769. The van der Waals surface area contributed by atoms with Crippen LogP contribution in [0.25, 0.3) is 0 Å². The molecule has 0 saturated carbocycles. The summed E-state index contributed by atoms with van der Waals surface area (Å²) in [7, 11) is 0. The Morgan fingerprint density at radius 3 is 1.91 bits per heavy atom. The van der Waals surface area contributed by atoms with Crippen molar-refractivity contribution in [2.45, 2.75) is 12.3 Å². The zero-order valence-electron chi connectivity index (χ0n) is 17.3. The molecule has 0 aliphatic heterocycles. The fourth-order valence-electron chi connectivity index (χ4n) is 3.36. The molecule has 33 heavy (non-hydrogen) atoms. The van der Waals surface area contributed by atoms with Gasteiger partial charge < -0.3 is 10.1 Å². The second kappa shape index (κ2) is 9.56. The summed E-state index contributed by atoms with van der Waals surface area (Å²) in [5.74, 6) is -0.564. The van der Waals surface area contributed by atoms with E-state index in [2.05, 4.69) is 10.3 Å². The van der Waals surface area contributed by atoms with Gasteiger partial charge in [-0.15, -0.1) is 0 Å². The number of rotatable bonds is 6. The van der Waals surface area contributed by atoms with E-state index < -0.39 is 29.3 Å². The van der Waals surface area contributed by atoms with Crippen LogP contribution in [-0.2, 0) is 6.18 Å². The van der Waals surface area contributed by atoms with Gasteiger partial charge >= 0.3 is 6.18 Å². The Morgan fingerprint density at radius 2 is 1.36 bits per heavy atom. The van der Waals surface area contributed by atoms with Crippen LogP contribution in [-0.4, -0.2) is 10.9 Å². The number of benzene rings is 3. The maximum absolute atomic E-state index is 13.2. The Kier molecular flexibility index (Phi) is 6.40. The van der Waals surface area contributed by atoms with Crippen molar-refractivity contribution in [2.24, 2.45) is 0 Å². The smallest absolute Gasteiger partial charge is 0.417 e. The Morgan fingerprint density at radius 1 is 0.788 bits per heavy atom. The topological polar surface area (TPSA) is 51.2 Å². The molecule has 0 bridgehead atoms. The molecule has 0 aliphatic carbocycles. The molecule has 166 valence electrons. The van der Waals surface area contributed by atoms with Crippen molar-refractivity contribution in [1.82, 2.24) is 4.98 Å². The number of hydrogen-bond acceptors (Lipinski definition) is 3. The minimum absolute atomic E-state index is 0.250. The van der Waals surface area contributed by atoms with E-state index >= 15 is 0 Å². The number of nitrogens with one attached hydrogen (secondary N) is 1. The number of aromatic nitrogens is 1. The van der Waals surface area contributed by atoms with E-state index in [-0.39, 0.29) is 5.69 Å². The SMILES string of the molecule is O=C(Nc1ccc(OC(c2ccccc2)c2ccccc2)nc1)c1ccccc1C(F)(F)F. The Hall–Kier alpha value is -4.13. The van der Waals surface area contributed by atoms with E-state index in [1.165, 1.54) is 24.4 Å². The Balaban J connectivity index is 1.52. The molecule has 4 rings (SSSR count). The summed E-state index contributed by atoms with van der Waals surface area (Å²) in [4.78, 5) is 16.7. The van der Waals surface area contributed by atoms with Crippen LogP contribution in [0.15, 0.2) is 103 Å². The van der Waals surface area contributed by atoms with Crippen LogP contribution in [0.5, 0.6) is 5.88 Å². The lowest BCUT2D eigenvalue weighted by atomic mass is 10.0. The number of anilines is 1. The predicted octanol–water partition coefficient (Wildman–Crippen LogP) is 6.52. The normalized spacial score (nSPS) is 11.3. The van der Waals surface area contributed by atoms with Crippen molar-refractivity contribution >= 4 is 11.6 Å². The lowest BCUT2D eigenvalue weighted by Crippen LogP contribution is -2.18. The van der Waals surface area contributed by atoms with Crippen LogP contribution in [0.3, 0.4) is 0 Å². The number of amides is 1. The molecular weight excluding hydrogens is 429 g/mol. The first-order chi connectivity index (χ1) is 15.9. The number of ether oxygens (including phenoxy) is 1. The van der Waals surface area contributed by atoms with Crippen LogP contribution < -0.4 is 10.1 Å². The molecule has 0 unspecified atom stereocenters. The number of carbonyl (C=O) groups excluding carboxylic acids is 1. The molecule has 1 aromatic heterocycles. The summed E-state index contributed by atoms with van der Waals surface area (Å²) in [5, 5.41) is 2.46.